The first-order valence-corrected chi connectivity index (χ1v) is 9.18. The number of phenolic OH excluding ortho intramolecular Hbond substituents is 1. The third-order valence-corrected chi connectivity index (χ3v) is 4.94. The molecule has 1 heterocycles. The van der Waals surface area contributed by atoms with Crippen LogP contribution in [0.15, 0.2) is 45.6 Å². The second-order valence-corrected chi connectivity index (χ2v) is 6.95. The van der Waals surface area contributed by atoms with Crippen molar-refractivity contribution in [3.63, 3.8) is 0 Å². The fourth-order valence-corrected chi connectivity index (χ4v) is 3.38. The van der Waals surface area contributed by atoms with Gasteiger partial charge in [-0.15, -0.1) is 0 Å². The summed E-state index contributed by atoms with van der Waals surface area (Å²) >= 11 is 6.00. The van der Waals surface area contributed by atoms with Crippen molar-refractivity contribution in [2.75, 3.05) is 7.11 Å². The summed E-state index contributed by atoms with van der Waals surface area (Å²) in [4.78, 5) is 24.0. The number of aryl methyl sites for hydroxylation is 1. The zero-order valence-corrected chi connectivity index (χ0v) is 17.5. The van der Waals surface area contributed by atoms with Gasteiger partial charge in [0.15, 0.2) is 5.58 Å². The maximum atomic E-state index is 12.4. The fraction of sp³-hybridized carbons (Fsp3) is 0.238. The number of fused-ring (bicyclic) bond motifs is 1. The van der Waals surface area contributed by atoms with E-state index in [4.69, 9.17) is 16.0 Å². The molecule has 0 saturated heterocycles. The first kappa shape index (κ1) is 22.7. The van der Waals surface area contributed by atoms with Gasteiger partial charge in [-0.25, -0.2) is 4.79 Å². The Balaban J connectivity index is 0.00000300. The van der Waals surface area contributed by atoms with Crippen molar-refractivity contribution in [3.05, 3.63) is 74.1 Å². The van der Waals surface area contributed by atoms with E-state index in [-0.39, 0.29) is 30.1 Å². The van der Waals surface area contributed by atoms with Crippen molar-refractivity contribution in [1.29, 1.82) is 0 Å². The summed E-state index contributed by atoms with van der Waals surface area (Å²) < 4.78 is 10.1. The number of nitrogens with two attached hydrogens (primary N) is 1. The molecule has 0 bridgehead atoms. The number of carbonyl (C=O) groups is 1. The number of benzene rings is 2. The molecule has 6 nitrogen and oxygen atoms in total. The van der Waals surface area contributed by atoms with Gasteiger partial charge in [0.05, 0.1) is 24.7 Å². The van der Waals surface area contributed by atoms with Gasteiger partial charge in [0.1, 0.15) is 18.8 Å². The second-order valence-electron chi connectivity index (χ2n) is 6.51. The predicted octanol–water partition coefficient (Wildman–Crippen LogP) is -0.556. The Labute approximate surface area is 178 Å². The van der Waals surface area contributed by atoms with Crippen molar-refractivity contribution in [3.8, 4) is 5.75 Å². The van der Waals surface area contributed by atoms with Gasteiger partial charge in [-0.1, -0.05) is 23.7 Å². The number of esters is 1. The summed E-state index contributed by atoms with van der Waals surface area (Å²) in [7, 11) is 1.27. The van der Waals surface area contributed by atoms with Crippen LogP contribution in [0.1, 0.15) is 22.3 Å². The SMILES string of the molecule is COC(=O)Cc1c(C)c2ccc(O)c(C[NH2+]Cc3cccc(Cl)c3)c2oc1=O.[Cl-]. The minimum Gasteiger partial charge on any atom is -1.00 e. The molecule has 2 aromatic carbocycles. The zero-order valence-electron chi connectivity index (χ0n) is 16.0. The van der Waals surface area contributed by atoms with Gasteiger partial charge in [0, 0.05) is 16.0 Å². The van der Waals surface area contributed by atoms with Crippen LogP contribution in [0.4, 0.5) is 0 Å². The van der Waals surface area contributed by atoms with Crippen molar-refractivity contribution < 1.29 is 36.8 Å². The van der Waals surface area contributed by atoms with Gasteiger partial charge < -0.3 is 32.0 Å². The summed E-state index contributed by atoms with van der Waals surface area (Å²) in [5.41, 5.74) is 2.22. The Morgan fingerprint density at radius 1 is 1.21 bits per heavy atom. The lowest BCUT2D eigenvalue weighted by molar-refractivity contribution is -0.686. The maximum Gasteiger partial charge on any atom is 0.340 e. The molecule has 0 fully saturated rings. The lowest BCUT2D eigenvalue weighted by Crippen LogP contribution is -3.00. The van der Waals surface area contributed by atoms with Crippen LogP contribution in [0, 0.1) is 6.92 Å². The topological polar surface area (TPSA) is 93.3 Å². The zero-order chi connectivity index (χ0) is 20.3. The standard InChI is InChI=1S/C21H20ClNO5.ClH/c1-12-15-6-7-18(24)17(11-23-10-13-4-3-5-14(22)8-13)20(15)28-21(26)16(12)9-19(25)27-2;/h3-8,23-24H,9-11H2,1-2H3;1H. The number of hydrogen-bond donors (Lipinski definition) is 2. The van der Waals surface area contributed by atoms with Crippen LogP contribution in [-0.2, 0) is 29.0 Å². The predicted molar refractivity (Wildman–Crippen MR) is 105 cm³/mol. The smallest absolute Gasteiger partial charge is 0.340 e. The normalized spacial score (nSPS) is 10.6. The Kier molecular flexibility index (Phi) is 7.67. The number of methoxy groups -OCH3 is 1. The van der Waals surface area contributed by atoms with Crippen molar-refractivity contribution in [2.24, 2.45) is 0 Å². The number of rotatable bonds is 6. The molecule has 0 amide bonds. The van der Waals surface area contributed by atoms with Gasteiger partial charge in [-0.3, -0.25) is 4.79 Å². The molecule has 0 aliphatic rings. The van der Waals surface area contributed by atoms with Crippen LogP contribution in [0.5, 0.6) is 5.75 Å². The first-order chi connectivity index (χ1) is 13.4. The molecule has 154 valence electrons. The van der Waals surface area contributed by atoms with E-state index in [0.29, 0.717) is 40.2 Å². The third-order valence-electron chi connectivity index (χ3n) is 4.70. The maximum absolute atomic E-state index is 12.4. The molecule has 0 unspecified atom stereocenters. The molecular formula is C21H21Cl2NO5. The van der Waals surface area contributed by atoms with E-state index in [1.807, 2.05) is 29.6 Å². The molecule has 1 aromatic heterocycles. The van der Waals surface area contributed by atoms with Gasteiger partial charge in [0.25, 0.3) is 0 Å². The van der Waals surface area contributed by atoms with E-state index in [0.717, 1.165) is 5.56 Å². The lowest BCUT2D eigenvalue weighted by atomic mass is 10.0. The molecule has 3 N–H and O–H groups in total. The van der Waals surface area contributed by atoms with E-state index in [9.17, 15) is 14.7 Å². The Morgan fingerprint density at radius 3 is 2.66 bits per heavy atom. The summed E-state index contributed by atoms with van der Waals surface area (Å²) in [6.07, 6.45) is -0.155. The number of halogens is 2. The highest BCUT2D eigenvalue weighted by Crippen LogP contribution is 2.29. The van der Waals surface area contributed by atoms with E-state index < -0.39 is 11.6 Å². The highest BCUT2D eigenvalue weighted by Gasteiger charge is 2.19. The van der Waals surface area contributed by atoms with E-state index in [2.05, 4.69) is 4.74 Å². The van der Waals surface area contributed by atoms with E-state index in [1.165, 1.54) is 7.11 Å². The first-order valence-electron chi connectivity index (χ1n) is 8.80. The second kappa shape index (κ2) is 9.78. The lowest BCUT2D eigenvalue weighted by Gasteiger charge is -2.11. The van der Waals surface area contributed by atoms with Gasteiger partial charge in [0.2, 0.25) is 0 Å². The highest BCUT2D eigenvalue weighted by atomic mass is 35.5. The highest BCUT2D eigenvalue weighted by molar-refractivity contribution is 6.30. The Hall–Kier alpha value is -2.54. The van der Waals surface area contributed by atoms with Crippen LogP contribution < -0.4 is 23.3 Å². The monoisotopic (exact) mass is 437 g/mol. The number of aromatic hydroxyl groups is 1. The molecule has 0 spiro atoms. The number of phenols is 1. The van der Waals surface area contributed by atoms with E-state index in [1.54, 1.807) is 19.1 Å². The fourth-order valence-electron chi connectivity index (χ4n) is 3.16. The molecule has 29 heavy (non-hydrogen) atoms. The summed E-state index contributed by atoms with van der Waals surface area (Å²) in [6.45, 7) is 2.82. The van der Waals surface area contributed by atoms with Gasteiger partial charge in [-0.05, 0) is 36.8 Å². The molecule has 8 heteroatoms. The number of quaternary nitrogens is 1. The summed E-state index contributed by atoms with van der Waals surface area (Å²) in [5.74, 6) is -0.457. The van der Waals surface area contributed by atoms with E-state index >= 15 is 0 Å². The van der Waals surface area contributed by atoms with Crippen molar-refractivity contribution in [2.45, 2.75) is 26.4 Å². The molecule has 0 aliphatic heterocycles. The molecule has 0 aliphatic carbocycles. The number of carbonyl (C=O) groups excluding carboxylic acids is 1. The average molecular weight is 438 g/mol. The molecule has 0 saturated carbocycles. The molecule has 0 atom stereocenters. The van der Waals surface area contributed by atoms with Crippen LogP contribution in [0.3, 0.4) is 0 Å². The van der Waals surface area contributed by atoms with Crippen molar-refractivity contribution in [1.82, 2.24) is 0 Å². The van der Waals surface area contributed by atoms with Crippen LogP contribution in [0.2, 0.25) is 5.02 Å². The van der Waals surface area contributed by atoms with Gasteiger partial charge in [-0.2, -0.15) is 0 Å². The summed E-state index contributed by atoms with van der Waals surface area (Å²) in [6, 6.07) is 10.8. The molecule has 0 radical (unpaired) electrons. The molecular weight excluding hydrogens is 417 g/mol. The minimum absolute atomic E-state index is 0. The van der Waals surface area contributed by atoms with Crippen LogP contribution in [0.25, 0.3) is 11.0 Å². The summed E-state index contributed by atoms with van der Waals surface area (Å²) in [5, 5.41) is 13.6. The van der Waals surface area contributed by atoms with Crippen LogP contribution >= 0.6 is 11.6 Å². The Morgan fingerprint density at radius 2 is 1.97 bits per heavy atom. The quantitative estimate of drug-likeness (QED) is 0.398. The number of hydrogen-bond acceptors (Lipinski definition) is 5. The molecule has 3 rings (SSSR count). The third kappa shape index (κ3) is 5.09. The Bertz CT molecular complexity index is 1090. The minimum atomic E-state index is -0.600. The van der Waals surface area contributed by atoms with Crippen molar-refractivity contribution >= 4 is 28.5 Å². The molecule has 3 aromatic rings. The average Bonchev–Trinajstić information content (AvgIpc) is 2.66. The number of ether oxygens (including phenoxy) is 1. The van der Waals surface area contributed by atoms with Gasteiger partial charge >= 0.3 is 11.6 Å². The van der Waals surface area contributed by atoms with Crippen LogP contribution in [-0.4, -0.2) is 18.2 Å². The largest absolute Gasteiger partial charge is 1.00 e.